The lowest BCUT2D eigenvalue weighted by Crippen LogP contribution is -2.01. The molecule has 0 atom stereocenters. The van der Waals surface area contributed by atoms with Gasteiger partial charge in [0.2, 0.25) is 5.78 Å². The largest absolute Gasteiger partial charge is 0.397 e. The second-order valence-corrected chi connectivity index (χ2v) is 7.51. The highest BCUT2D eigenvalue weighted by Crippen LogP contribution is 2.35. The number of thiophene rings is 1. The third kappa shape index (κ3) is 2.97. The van der Waals surface area contributed by atoms with E-state index in [1.54, 1.807) is 12.1 Å². The number of hydrogen-bond acceptors (Lipinski definition) is 4. The van der Waals surface area contributed by atoms with Crippen LogP contribution >= 0.6 is 27.3 Å². The van der Waals surface area contributed by atoms with Crippen LogP contribution in [0.25, 0.3) is 21.5 Å². The fourth-order valence-electron chi connectivity index (χ4n) is 2.67. The summed E-state index contributed by atoms with van der Waals surface area (Å²) in [4.78, 5) is 18.8. The minimum absolute atomic E-state index is 0.0748. The molecule has 0 unspecified atom stereocenters. The Bertz CT molecular complexity index is 1070. The molecule has 0 saturated heterocycles. The zero-order chi connectivity index (χ0) is 17.4. The van der Waals surface area contributed by atoms with E-state index in [0.717, 1.165) is 25.9 Å². The van der Waals surface area contributed by atoms with E-state index < -0.39 is 0 Å². The molecule has 2 aromatic heterocycles. The van der Waals surface area contributed by atoms with E-state index in [0.29, 0.717) is 16.1 Å². The maximum atomic E-state index is 12.8. The minimum atomic E-state index is -0.0748. The normalized spacial score (nSPS) is 10.9. The van der Waals surface area contributed by atoms with Gasteiger partial charge in [-0.25, -0.2) is 4.98 Å². The molecule has 0 saturated carbocycles. The number of aromatic nitrogens is 1. The Labute approximate surface area is 157 Å². The van der Waals surface area contributed by atoms with Crippen molar-refractivity contribution in [3.8, 4) is 11.3 Å². The van der Waals surface area contributed by atoms with Crippen LogP contribution in [0.5, 0.6) is 0 Å². The van der Waals surface area contributed by atoms with Crippen molar-refractivity contribution < 1.29 is 4.79 Å². The van der Waals surface area contributed by atoms with Crippen LogP contribution in [-0.4, -0.2) is 10.8 Å². The minimum Gasteiger partial charge on any atom is -0.397 e. The number of nitrogens with zero attached hydrogens (tertiary/aromatic N) is 1. The van der Waals surface area contributed by atoms with Gasteiger partial charge in [-0.15, -0.1) is 11.3 Å². The highest BCUT2D eigenvalue weighted by atomic mass is 79.9. The summed E-state index contributed by atoms with van der Waals surface area (Å²) in [6, 6.07) is 21.1. The number of anilines is 1. The molecule has 0 aliphatic heterocycles. The molecule has 2 heterocycles. The molecule has 0 bridgehead atoms. The number of nitrogens with two attached hydrogens (primary N) is 1. The quantitative estimate of drug-likeness (QED) is 0.452. The van der Waals surface area contributed by atoms with Gasteiger partial charge in [0, 0.05) is 21.0 Å². The number of carbonyl (C=O) groups excluding carboxylic acids is 1. The Morgan fingerprint density at radius 3 is 2.40 bits per heavy atom. The number of ketones is 1. The number of halogens is 1. The first-order valence-electron chi connectivity index (χ1n) is 7.68. The van der Waals surface area contributed by atoms with E-state index >= 15 is 0 Å². The molecule has 0 aliphatic rings. The van der Waals surface area contributed by atoms with Gasteiger partial charge >= 0.3 is 0 Å². The van der Waals surface area contributed by atoms with Gasteiger partial charge in [0.05, 0.1) is 11.4 Å². The molecule has 122 valence electrons. The summed E-state index contributed by atoms with van der Waals surface area (Å²) in [5.74, 6) is -0.0748. The van der Waals surface area contributed by atoms with Crippen molar-refractivity contribution in [2.45, 2.75) is 0 Å². The molecular weight excluding hydrogens is 396 g/mol. The highest BCUT2D eigenvalue weighted by molar-refractivity contribution is 9.10. The molecule has 0 spiro atoms. The summed E-state index contributed by atoms with van der Waals surface area (Å²) < 4.78 is 0.933. The summed E-state index contributed by atoms with van der Waals surface area (Å²) in [6.45, 7) is 0. The topological polar surface area (TPSA) is 56.0 Å². The molecule has 0 amide bonds. The van der Waals surface area contributed by atoms with Crippen molar-refractivity contribution in [3.05, 3.63) is 81.6 Å². The third-order valence-corrected chi connectivity index (χ3v) is 5.62. The molecule has 2 N–H and O–H groups in total. The summed E-state index contributed by atoms with van der Waals surface area (Å²) >= 11 is 4.72. The van der Waals surface area contributed by atoms with Crippen LogP contribution in [0.2, 0.25) is 0 Å². The Balaban J connectivity index is 1.79. The van der Waals surface area contributed by atoms with E-state index in [-0.39, 0.29) is 5.78 Å². The van der Waals surface area contributed by atoms with Crippen LogP contribution in [0.3, 0.4) is 0 Å². The number of rotatable bonds is 3. The first-order valence-corrected chi connectivity index (χ1v) is 9.29. The van der Waals surface area contributed by atoms with Crippen molar-refractivity contribution in [2.75, 3.05) is 5.73 Å². The molecule has 2 aromatic carbocycles. The number of hydrogen-bond donors (Lipinski definition) is 1. The number of pyridine rings is 1. The van der Waals surface area contributed by atoms with Crippen LogP contribution < -0.4 is 5.73 Å². The van der Waals surface area contributed by atoms with Gasteiger partial charge in [-0.2, -0.15) is 0 Å². The van der Waals surface area contributed by atoms with Crippen LogP contribution in [0.15, 0.2) is 71.2 Å². The first kappa shape index (κ1) is 16.0. The molecule has 3 nitrogen and oxygen atoms in total. The van der Waals surface area contributed by atoms with Crippen molar-refractivity contribution in [3.63, 3.8) is 0 Å². The Hall–Kier alpha value is -2.50. The zero-order valence-electron chi connectivity index (χ0n) is 13.1. The second-order valence-electron chi connectivity index (χ2n) is 5.60. The maximum absolute atomic E-state index is 12.8. The van der Waals surface area contributed by atoms with Crippen molar-refractivity contribution in [1.29, 1.82) is 0 Å². The number of fused-ring (bicyclic) bond motifs is 1. The van der Waals surface area contributed by atoms with Gasteiger partial charge in [-0.05, 0) is 36.4 Å². The number of carbonyl (C=O) groups is 1. The predicted octanol–water partition coefficient (Wildman–Crippen LogP) is 5.54. The fraction of sp³-hybridized carbons (Fsp3) is 0. The average Bonchev–Trinajstić information content (AvgIpc) is 2.98. The highest BCUT2D eigenvalue weighted by Gasteiger charge is 2.19. The van der Waals surface area contributed by atoms with E-state index in [1.165, 1.54) is 11.3 Å². The zero-order valence-corrected chi connectivity index (χ0v) is 15.5. The van der Waals surface area contributed by atoms with Crippen LogP contribution in [0.4, 0.5) is 5.69 Å². The SMILES string of the molecule is Nc1c(C(=O)c2ccc(Br)cc2)sc2nc(-c3ccccc3)ccc12. The lowest BCUT2D eigenvalue weighted by atomic mass is 10.1. The fourth-order valence-corrected chi connectivity index (χ4v) is 3.99. The van der Waals surface area contributed by atoms with Gasteiger partial charge in [-0.1, -0.05) is 46.3 Å². The van der Waals surface area contributed by atoms with Gasteiger partial charge < -0.3 is 5.73 Å². The van der Waals surface area contributed by atoms with E-state index in [1.807, 2.05) is 54.6 Å². The van der Waals surface area contributed by atoms with Gasteiger partial charge in [-0.3, -0.25) is 4.79 Å². The smallest absolute Gasteiger partial charge is 0.205 e. The molecule has 4 aromatic rings. The molecular formula is C20H13BrN2OS. The van der Waals surface area contributed by atoms with Crippen LogP contribution in [0, 0.1) is 0 Å². The van der Waals surface area contributed by atoms with Crippen molar-refractivity contribution >= 4 is 49.0 Å². The van der Waals surface area contributed by atoms with Crippen molar-refractivity contribution in [1.82, 2.24) is 4.98 Å². The Morgan fingerprint density at radius 1 is 0.960 bits per heavy atom. The predicted molar refractivity (Wildman–Crippen MR) is 107 cm³/mol. The van der Waals surface area contributed by atoms with Crippen LogP contribution in [0.1, 0.15) is 15.2 Å². The van der Waals surface area contributed by atoms with Crippen molar-refractivity contribution in [2.24, 2.45) is 0 Å². The Morgan fingerprint density at radius 2 is 1.68 bits per heavy atom. The number of nitrogen functional groups attached to an aromatic ring is 1. The standard InChI is InChI=1S/C20H13BrN2OS/c21-14-8-6-13(7-9-14)18(24)19-17(22)15-10-11-16(23-20(15)25-19)12-4-2-1-3-5-12/h1-11H,22H2. The van der Waals surface area contributed by atoms with Crippen LogP contribution in [-0.2, 0) is 0 Å². The van der Waals surface area contributed by atoms with Gasteiger partial charge in [0.1, 0.15) is 9.71 Å². The maximum Gasteiger partial charge on any atom is 0.205 e. The molecule has 5 heteroatoms. The second kappa shape index (κ2) is 6.43. The van der Waals surface area contributed by atoms with Gasteiger partial charge in [0.15, 0.2) is 0 Å². The monoisotopic (exact) mass is 408 g/mol. The van der Waals surface area contributed by atoms with E-state index in [9.17, 15) is 4.79 Å². The summed E-state index contributed by atoms with van der Waals surface area (Å²) in [7, 11) is 0. The van der Waals surface area contributed by atoms with E-state index in [2.05, 4.69) is 15.9 Å². The lowest BCUT2D eigenvalue weighted by Gasteiger charge is -2.00. The number of benzene rings is 2. The average molecular weight is 409 g/mol. The molecule has 25 heavy (non-hydrogen) atoms. The summed E-state index contributed by atoms with van der Waals surface area (Å²) in [6.07, 6.45) is 0. The Kier molecular flexibility index (Phi) is 4.11. The molecule has 0 aliphatic carbocycles. The van der Waals surface area contributed by atoms with E-state index in [4.69, 9.17) is 10.7 Å². The third-order valence-electron chi connectivity index (χ3n) is 3.98. The summed E-state index contributed by atoms with van der Waals surface area (Å²) in [5.41, 5.74) is 9.26. The van der Waals surface area contributed by atoms with Gasteiger partial charge in [0.25, 0.3) is 0 Å². The first-order chi connectivity index (χ1) is 12.1. The molecule has 0 fully saturated rings. The molecule has 0 radical (unpaired) electrons. The molecule has 4 rings (SSSR count). The summed E-state index contributed by atoms with van der Waals surface area (Å²) in [5, 5.41) is 0.824. The lowest BCUT2D eigenvalue weighted by molar-refractivity contribution is 0.104.